The van der Waals surface area contributed by atoms with Crippen LogP contribution < -0.4 is 0 Å². The Morgan fingerprint density at radius 1 is 0.408 bits per heavy atom. The Morgan fingerprint density at radius 2 is 1.06 bits per heavy atom. The maximum atomic E-state index is 2.50. The molecule has 0 unspecified atom stereocenters. The quantitative estimate of drug-likeness (QED) is 0.171. The van der Waals surface area contributed by atoms with E-state index in [1.54, 1.807) is 5.56 Å². The molecule has 0 heterocycles. The van der Waals surface area contributed by atoms with Crippen molar-refractivity contribution in [3.05, 3.63) is 168 Å². The van der Waals surface area contributed by atoms with Crippen LogP contribution in [0.25, 0.3) is 76.8 Å². The highest BCUT2D eigenvalue weighted by molar-refractivity contribution is 6.22. The monoisotopic (exact) mass is 626 g/mol. The van der Waals surface area contributed by atoms with E-state index < -0.39 is 0 Å². The number of fused-ring (bicyclic) bond motifs is 7. The highest BCUT2D eigenvalue weighted by atomic mass is 14.4. The number of rotatable bonds is 3. The van der Waals surface area contributed by atoms with Gasteiger partial charge in [0.25, 0.3) is 0 Å². The van der Waals surface area contributed by atoms with Gasteiger partial charge in [-0.05, 0) is 143 Å². The van der Waals surface area contributed by atoms with Crippen molar-refractivity contribution in [2.45, 2.75) is 44.9 Å². The van der Waals surface area contributed by atoms with Crippen LogP contribution in [-0.4, -0.2) is 0 Å². The predicted molar refractivity (Wildman–Crippen MR) is 209 cm³/mol. The van der Waals surface area contributed by atoms with Crippen LogP contribution in [0.15, 0.2) is 146 Å². The highest BCUT2D eigenvalue weighted by Crippen LogP contribution is 2.52. The zero-order valence-electron chi connectivity index (χ0n) is 28.2. The Hall–Kier alpha value is -5.46. The molecule has 0 nitrogen and oxygen atoms in total. The molecule has 0 atom stereocenters. The van der Waals surface area contributed by atoms with Gasteiger partial charge in [-0.15, -0.1) is 0 Å². The third kappa shape index (κ3) is 4.30. The Morgan fingerprint density at radius 3 is 1.96 bits per heavy atom. The zero-order chi connectivity index (χ0) is 32.7. The predicted octanol–water partition coefficient (Wildman–Crippen LogP) is 13.3. The van der Waals surface area contributed by atoms with Crippen molar-refractivity contribution in [1.29, 1.82) is 0 Å². The molecule has 10 rings (SSSR count). The molecule has 0 saturated carbocycles. The van der Waals surface area contributed by atoms with Crippen LogP contribution in [0.4, 0.5) is 0 Å². The average Bonchev–Trinajstić information content (AvgIpc) is 3.38. The first-order valence-electron chi connectivity index (χ1n) is 17.9. The molecule has 0 fully saturated rings. The molecule has 0 saturated heterocycles. The molecule has 0 N–H and O–H groups in total. The van der Waals surface area contributed by atoms with E-state index in [1.165, 1.54) is 113 Å². The van der Waals surface area contributed by atoms with Gasteiger partial charge in [-0.2, -0.15) is 0 Å². The van der Waals surface area contributed by atoms with E-state index in [4.69, 9.17) is 0 Å². The van der Waals surface area contributed by atoms with Gasteiger partial charge in [0.15, 0.2) is 0 Å². The van der Waals surface area contributed by atoms with Crippen LogP contribution in [0.1, 0.15) is 48.9 Å². The number of benzene rings is 8. The third-order valence-corrected chi connectivity index (χ3v) is 11.6. The summed E-state index contributed by atoms with van der Waals surface area (Å²) >= 11 is 0. The lowest BCUT2D eigenvalue weighted by Crippen LogP contribution is -2.14. The minimum atomic E-state index is -0.0627. The van der Waals surface area contributed by atoms with Gasteiger partial charge < -0.3 is 0 Å². The van der Waals surface area contributed by atoms with Crippen LogP contribution in [-0.2, 0) is 18.3 Å². The van der Waals surface area contributed by atoms with Crippen molar-refractivity contribution in [2.75, 3.05) is 0 Å². The number of hydrogen-bond donors (Lipinski definition) is 0. The first kappa shape index (κ1) is 28.5. The first-order valence-corrected chi connectivity index (χ1v) is 17.9. The molecular formula is C49H38. The molecular weight excluding hydrogens is 589 g/mol. The van der Waals surface area contributed by atoms with Crippen molar-refractivity contribution in [1.82, 2.24) is 0 Å². The molecule has 0 bridgehead atoms. The van der Waals surface area contributed by atoms with Crippen LogP contribution >= 0.6 is 0 Å². The molecule has 2 aliphatic carbocycles. The van der Waals surface area contributed by atoms with Gasteiger partial charge in [-0.25, -0.2) is 0 Å². The molecule has 2 aliphatic rings. The topological polar surface area (TPSA) is 0 Å². The molecule has 0 heteroatoms. The van der Waals surface area contributed by atoms with Crippen LogP contribution in [0, 0.1) is 0 Å². The van der Waals surface area contributed by atoms with Crippen LogP contribution in [0.5, 0.6) is 0 Å². The smallest absolute Gasteiger partial charge is 0.0159 e. The van der Waals surface area contributed by atoms with E-state index >= 15 is 0 Å². The van der Waals surface area contributed by atoms with Crippen LogP contribution in [0.3, 0.4) is 0 Å². The van der Waals surface area contributed by atoms with Gasteiger partial charge in [0.1, 0.15) is 0 Å². The summed E-state index contributed by atoms with van der Waals surface area (Å²) < 4.78 is 0. The van der Waals surface area contributed by atoms with Gasteiger partial charge >= 0.3 is 0 Å². The van der Waals surface area contributed by atoms with Crippen molar-refractivity contribution in [3.63, 3.8) is 0 Å². The second-order valence-electron chi connectivity index (χ2n) is 14.7. The molecule has 0 aromatic heterocycles. The lowest BCUT2D eigenvalue weighted by Gasteiger charge is -2.24. The summed E-state index contributed by atoms with van der Waals surface area (Å²) in [6.07, 6.45) is 4.87. The molecule has 0 spiro atoms. The van der Waals surface area contributed by atoms with E-state index in [0.717, 1.165) is 6.42 Å². The van der Waals surface area contributed by atoms with Gasteiger partial charge in [-0.1, -0.05) is 141 Å². The Kier molecular flexibility index (Phi) is 6.28. The summed E-state index contributed by atoms with van der Waals surface area (Å²) in [4.78, 5) is 0. The number of hydrogen-bond acceptors (Lipinski definition) is 0. The van der Waals surface area contributed by atoms with E-state index in [-0.39, 0.29) is 5.41 Å². The summed E-state index contributed by atoms with van der Waals surface area (Å²) in [6, 6.07) is 55.3. The average molecular weight is 627 g/mol. The fraction of sp³-hybridized carbons (Fsp3) is 0.143. The summed E-state index contributed by atoms with van der Waals surface area (Å²) in [5.74, 6) is 0. The summed E-state index contributed by atoms with van der Waals surface area (Å²) in [5, 5.41) is 7.86. The van der Waals surface area contributed by atoms with E-state index in [1.807, 2.05) is 0 Å². The standard InChI is InChI=1S/C49H38/c1-49(2)45-21-10-9-17-38(45)39-26-25-36(30-46(39)49)47-41-18-7-8-19-42(41)48(40-20-11-15-32-13-5-6-16-37(32)40)43-27-24-35(29-44(43)47)34-23-22-31-12-3-4-14-33(31)28-34/h3-4,7-12,14-15,17-30H,5-6,13,16H2,1-2H3. The summed E-state index contributed by atoms with van der Waals surface area (Å²) in [6.45, 7) is 4.77. The second-order valence-corrected chi connectivity index (χ2v) is 14.7. The fourth-order valence-corrected chi connectivity index (χ4v) is 9.20. The van der Waals surface area contributed by atoms with Gasteiger partial charge in [0.05, 0.1) is 0 Å². The normalized spacial score (nSPS) is 14.6. The van der Waals surface area contributed by atoms with E-state index in [9.17, 15) is 0 Å². The van der Waals surface area contributed by atoms with Crippen molar-refractivity contribution in [3.8, 4) is 44.5 Å². The Balaban J connectivity index is 1.30. The molecule has 0 radical (unpaired) electrons. The van der Waals surface area contributed by atoms with Gasteiger partial charge in [-0.3, -0.25) is 0 Å². The minimum absolute atomic E-state index is 0.0627. The largest absolute Gasteiger partial charge is 0.0619 e. The fourth-order valence-electron chi connectivity index (χ4n) is 9.20. The van der Waals surface area contributed by atoms with Crippen molar-refractivity contribution in [2.24, 2.45) is 0 Å². The molecule has 234 valence electrons. The zero-order valence-corrected chi connectivity index (χ0v) is 28.2. The SMILES string of the molecule is CC1(C)c2ccccc2-c2ccc(-c3c4ccccc4c(-c4cccc5c4CCCC5)c4ccc(-c5ccc6ccccc6c5)cc34)cc21. The molecule has 49 heavy (non-hydrogen) atoms. The van der Waals surface area contributed by atoms with Gasteiger partial charge in [0, 0.05) is 5.41 Å². The highest BCUT2D eigenvalue weighted by Gasteiger charge is 2.35. The maximum absolute atomic E-state index is 2.50. The minimum Gasteiger partial charge on any atom is -0.0619 e. The Bertz CT molecular complexity index is 2630. The van der Waals surface area contributed by atoms with Gasteiger partial charge in [0.2, 0.25) is 0 Å². The molecule has 8 aromatic carbocycles. The first-order chi connectivity index (χ1) is 24.1. The lowest BCUT2D eigenvalue weighted by molar-refractivity contribution is 0.660. The van der Waals surface area contributed by atoms with E-state index in [0.29, 0.717) is 0 Å². The lowest BCUT2D eigenvalue weighted by atomic mass is 9.79. The third-order valence-electron chi connectivity index (χ3n) is 11.6. The maximum Gasteiger partial charge on any atom is 0.0159 e. The van der Waals surface area contributed by atoms with Crippen LogP contribution in [0.2, 0.25) is 0 Å². The number of aryl methyl sites for hydroxylation is 1. The van der Waals surface area contributed by atoms with Crippen molar-refractivity contribution >= 4 is 32.3 Å². The van der Waals surface area contributed by atoms with E-state index in [2.05, 4.69) is 159 Å². The molecule has 8 aromatic rings. The Labute approximate surface area is 288 Å². The van der Waals surface area contributed by atoms with Crippen molar-refractivity contribution < 1.29 is 0 Å². The molecule has 0 amide bonds. The second kappa shape index (κ2) is 10.8. The summed E-state index contributed by atoms with van der Waals surface area (Å²) in [5.41, 5.74) is 16.5. The summed E-state index contributed by atoms with van der Waals surface area (Å²) in [7, 11) is 0. The molecule has 0 aliphatic heterocycles.